The number of ether oxygens (including phenoxy) is 2. The van der Waals surface area contributed by atoms with Crippen LogP contribution in [0.4, 0.5) is 0 Å². The number of carbonyl (C=O) groups excluding carboxylic acids is 1. The highest BCUT2D eigenvalue weighted by molar-refractivity contribution is 5.76. The molecule has 1 aliphatic heterocycles. The van der Waals surface area contributed by atoms with Crippen molar-refractivity contribution >= 4 is 5.91 Å². The van der Waals surface area contributed by atoms with Gasteiger partial charge in [0.05, 0.1) is 19.1 Å². The van der Waals surface area contributed by atoms with Crippen molar-refractivity contribution in [2.24, 2.45) is 5.41 Å². The first-order valence-corrected chi connectivity index (χ1v) is 6.51. The molecule has 1 amide bonds. The molecule has 2 fully saturated rings. The smallest absolute Gasteiger partial charge is 0.224 e. The third-order valence-corrected chi connectivity index (χ3v) is 4.50. The number of methoxy groups -OCH3 is 2. The van der Waals surface area contributed by atoms with E-state index in [0.29, 0.717) is 24.5 Å². The Labute approximate surface area is 103 Å². The van der Waals surface area contributed by atoms with Crippen LogP contribution in [0, 0.1) is 5.41 Å². The molecule has 1 saturated carbocycles. The van der Waals surface area contributed by atoms with E-state index in [0.717, 1.165) is 25.9 Å². The second-order valence-corrected chi connectivity index (χ2v) is 5.25. The summed E-state index contributed by atoms with van der Waals surface area (Å²) < 4.78 is 10.5. The summed E-state index contributed by atoms with van der Waals surface area (Å²) in [4.78, 5) is 13.8. The highest BCUT2D eigenvalue weighted by atomic mass is 16.5. The highest BCUT2D eigenvalue weighted by Crippen LogP contribution is 2.50. The van der Waals surface area contributed by atoms with Crippen LogP contribution in [0.3, 0.4) is 0 Å². The van der Waals surface area contributed by atoms with Crippen molar-refractivity contribution in [1.29, 1.82) is 0 Å². The lowest BCUT2D eigenvalue weighted by atomic mass is 9.61. The van der Waals surface area contributed by atoms with Gasteiger partial charge in [-0.05, 0) is 25.7 Å². The van der Waals surface area contributed by atoms with Gasteiger partial charge in [0.15, 0.2) is 0 Å². The van der Waals surface area contributed by atoms with Crippen LogP contribution in [0.5, 0.6) is 0 Å². The Hall–Kier alpha value is -0.610. The second kappa shape index (κ2) is 5.36. The van der Waals surface area contributed by atoms with Crippen molar-refractivity contribution in [3.05, 3.63) is 0 Å². The normalized spacial score (nSPS) is 26.9. The van der Waals surface area contributed by atoms with Gasteiger partial charge >= 0.3 is 0 Å². The van der Waals surface area contributed by atoms with E-state index in [2.05, 4.69) is 0 Å². The van der Waals surface area contributed by atoms with Gasteiger partial charge in [0.2, 0.25) is 5.91 Å². The van der Waals surface area contributed by atoms with Gasteiger partial charge in [-0.2, -0.15) is 0 Å². The highest BCUT2D eigenvalue weighted by Gasteiger charge is 2.48. The van der Waals surface area contributed by atoms with Crippen LogP contribution in [0.15, 0.2) is 0 Å². The van der Waals surface area contributed by atoms with E-state index in [4.69, 9.17) is 9.47 Å². The molecule has 1 atom stereocenters. The lowest BCUT2D eigenvalue weighted by Gasteiger charge is -2.53. The molecule has 1 aliphatic carbocycles. The number of amides is 1. The van der Waals surface area contributed by atoms with Gasteiger partial charge < -0.3 is 14.4 Å². The number of piperidine rings is 1. The van der Waals surface area contributed by atoms with Crippen LogP contribution in [-0.2, 0) is 14.3 Å². The Balaban J connectivity index is 1.80. The van der Waals surface area contributed by atoms with Crippen LogP contribution in [-0.4, -0.2) is 50.8 Å². The molecule has 4 nitrogen and oxygen atoms in total. The second-order valence-electron chi connectivity index (χ2n) is 5.25. The summed E-state index contributed by atoms with van der Waals surface area (Å²) in [7, 11) is 3.44. The molecule has 4 heteroatoms. The maximum atomic E-state index is 11.8. The number of likely N-dealkylation sites (tertiary alicyclic amines) is 1. The molecule has 1 unspecified atom stereocenters. The molecule has 1 spiro atoms. The summed E-state index contributed by atoms with van der Waals surface area (Å²) in [5.41, 5.74) is 0.382. The maximum absolute atomic E-state index is 11.8. The number of hydrogen-bond donors (Lipinski definition) is 0. The SMILES string of the molecule is COCCC(=O)N1CCC2(CCC2OC)CC1. The van der Waals surface area contributed by atoms with Crippen molar-refractivity contribution in [3.63, 3.8) is 0 Å². The number of carbonyl (C=O) groups is 1. The minimum absolute atomic E-state index is 0.231. The fourth-order valence-corrected chi connectivity index (χ4v) is 3.16. The molecular formula is C13H23NO3. The summed E-state index contributed by atoms with van der Waals surface area (Å²) in [6.07, 6.45) is 5.60. The third-order valence-electron chi connectivity index (χ3n) is 4.50. The van der Waals surface area contributed by atoms with Crippen molar-refractivity contribution in [2.75, 3.05) is 33.9 Å². The Morgan fingerprint density at radius 1 is 1.29 bits per heavy atom. The number of hydrogen-bond acceptors (Lipinski definition) is 3. The lowest BCUT2D eigenvalue weighted by molar-refractivity contribution is -0.145. The molecule has 0 aromatic rings. The van der Waals surface area contributed by atoms with Gasteiger partial charge in [0.1, 0.15) is 0 Å². The Bertz CT molecular complexity index is 270. The van der Waals surface area contributed by atoms with E-state index in [-0.39, 0.29) is 5.91 Å². The van der Waals surface area contributed by atoms with Crippen molar-refractivity contribution in [3.8, 4) is 0 Å². The summed E-state index contributed by atoms with van der Waals surface area (Å²) in [5.74, 6) is 0.231. The van der Waals surface area contributed by atoms with Crippen LogP contribution in [0.2, 0.25) is 0 Å². The average Bonchev–Trinajstić information content (AvgIpc) is 2.35. The van der Waals surface area contributed by atoms with E-state index in [1.165, 1.54) is 12.8 Å². The zero-order valence-corrected chi connectivity index (χ0v) is 10.9. The van der Waals surface area contributed by atoms with Gasteiger partial charge in [-0.3, -0.25) is 4.79 Å². The first-order valence-electron chi connectivity index (χ1n) is 6.51. The van der Waals surface area contributed by atoms with E-state index >= 15 is 0 Å². The molecule has 0 aromatic heterocycles. The van der Waals surface area contributed by atoms with Crippen LogP contribution >= 0.6 is 0 Å². The average molecular weight is 241 g/mol. The molecule has 0 radical (unpaired) electrons. The van der Waals surface area contributed by atoms with Crippen molar-refractivity contribution < 1.29 is 14.3 Å². The molecule has 2 rings (SSSR count). The summed E-state index contributed by atoms with van der Waals surface area (Å²) in [6, 6.07) is 0. The number of nitrogens with zero attached hydrogens (tertiary/aromatic N) is 1. The molecule has 98 valence electrons. The molecule has 2 aliphatic rings. The minimum atomic E-state index is 0.231. The topological polar surface area (TPSA) is 38.8 Å². The molecular weight excluding hydrogens is 218 g/mol. The fourth-order valence-electron chi connectivity index (χ4n) is 3.16. The van der Waals surface area contributed by atoms with Crippen molar-refractivity contribution in [1.82, 2.24) is 4.90 Å². The van der Waals surface area contributed by atoms with Gasteiger partial charge in [-0.1, -0.05) is 0 Å². The largest absolute Gasteiger partial charge is 0.384 e. The maximum Gasteiger partial charge on any atom is 0.224 e. The van der Waals surface area contributed by atoms with Crippen molar-refractivity contribution in [2.45, 2.75) is 38.2 Å². The quantitative estimate of drug-likeness (QED) is 0.747. The predicted molar refractivity (Wildman–Crippen MR) is 64.8 cm³/mol. The number of rotatable bonds is 4. The predicted octanol–water partition coefficient (Wildman–Crippen LogP) is 1.44. The molecule has 17 heavy (non-hydrogen) atoms. The Kier molecular flexibility index (Phi) is 4.05. The third kappa shape index (κ3) is 2.47. The lowest BCUT2D eigenvalue weighted by Crippen LogP contribution is -2.54. The van der Waals surface area contributed by atoms with Gasteiger partial charge in [-0.15, -0.1) is 0 Å². The van der Waals surface area contributed by atoms with E-state index in [9.17, 15) is 4.79 Å². The van der Waals surface area contributed by atoms with Gasteiger partial charge in [0.25, 0.3) is 0 Å². The summed E-state index contributed by atoms with van der Waals surface area (Å²) >= 11 is 0. The summed E-state index contributed by atoms with van der Waals surface area (Å²) in [5, 5.41) is 0. The van der Waals surface area contributed by atoms with Gasteiger partial charge in [0, 0.05) is 32.7 Å². The molecule has 0 N–H and O–H groups in total. The molecule has 0 bridgehead atoms. The minimum Gasteiger partial charge on any atom is -0.384 e. The molecule has 1 heterocycles. The zero-order chi connectivity index (χ0) is 12.3. The standard InChI is InChI=1S/C13H23NO3/c1-16-10-4-12(15)14-8-6-13(7-9-14)5-3-11(13)17-2/h11H,3-10H2,1-2H3. The first-order chi connectivity index (χ1) is 8.22. The Morgan fingerprint density at radius 2 is 2.00 bits per heavy atom. The fraction of sp³-hybridized carbons (Fsp3) is 0.923. The van der Waals surface area contributed by atoms with E-state index in [1.807, 2.05) is 12.0 Å². The molecule has 0 aromatic carbocycles. The van der Waals surface area contributed by atoms with E-state index < -0.39 is 0 Å². The van der Waals surface area contributed by atoms with E-state index in [1.54, 1.807) is 7.11 Å². The molecule has 1 saturated heterocycles. The van der Waals surface area contributed by atoms with Crippen LogP contribution in [0.1, 0.15) is 32.1 Å². The van der Waals surface area contributed by atoms with Crippen LogP contribution in [0.25, 0.3) is 0 Å². The summed E-state index contributed by atoms with van der Waals surface area (Å²) in [6.45, 7) is 2.31. The van der Waals surface area contributed by atoms with Crippen LogP contribution < -0.4 is 0 Å². The Morgan fingerprint density at radius 3 is 2.47 bits per heavy atom. The van der Waals surface area contributed by atoms with Gasteiger partial charge in [-0.25, -0.2) is 0 Å². The first kappa shape index (κ1) is 12.8. The zero-order valence-electron chi connectivity index (χ0n) is 10.9. The monoisotopic (exact) mass is 241 g/mol.